The summed E-state index contributed by atoms with van der Waals surface area (Å²) in [7, 11) is 0. The molecule has 2 aliphatic heterocycles. The smallest absolute Gasteiger partial charge is 0.283 e. The molecule has 9 heteroatoms. The largest absolute Gasteiger partial charge is 0.487 e. The lowest BCUT2D eigenvalue weighted by Gasteiger charge is -2.19. The Labute approximate surface area is 221 Å². The first kappa shape index (κ1) is 23.3. The average molecular weight is 525 g/mol. The van der Waals surface area contributed by atoms with Crippen molar-refractivity contribution in [3.05, 3.63) is 95.8 Å². The van der Waals surface area contributed by atoms with E-state index in [1.807, 2.05) is 61.5 Å². The normalized spacial score (nSPS) is 16.2. The van der Waals surface area contributed by atoms with Gasteiger partial charge in [0.05, 0.1) is 5.57 Å². The first-order chi connectivity index (χ1) is 18.0. The summed E-state index contributed by atoms with van der Waals surface area (Å²) in [6, 6.07) is 25.7. The minimum atomic E-state index is -0.501. The molecule has 1 amide bonds. The quantitative estimate of drug-likeness (QED) is 0.286. The second-order valence-corrected chi connectivity index (χ2v) is 10.4. The zero-order valence-electron chi connectivity index (χ0n) is 19.7. The Morgan fingerprint density at radius 2 is 1.92 bits per heavy atom. The zero-order valence-corrected chi connectivity index (χ0v) is 21.3. The van der Waals surface area contributed by atoms with E-state index < -0.39 is 5.91 Å². The van der Waals surface area contributed by atoms with Crippen molar-refractivity contribution in [1.82, 2.24) is 5.01 Å². The molecule has 7 nitrogen and oxygen atoms in total. The van der Waals surface area contributed by atoms with Crippen LogP contribution in [0.1, 0.15) is 11.3 Å². The van der Waals surface area contributed by atoms with E-state index in [0.717, 1.165) is 27.0 Å². The van der Waals surface area contributed by atoms with Gasteiger partial charge in [0.25, 0.3) is 5.91 Å². The third-order valence-electron chi connectivity index (χ3n) is 5.70. The molecule has 0 aliphatic carbocycles. The van der Waals surface area contributed by atoms with Gasteiger partial charge in [0.2, 0.25) is 5.17 Å². The van der Waals surface area contributed by atoms with Crippen LogP contribution in [0, 0.1) is 12.3 Å². The number of nitrogens with one attached hydrogen (secondary N) is 1. The van der Waals surface area contributed by atoms with Crippen molar-refractivity contribution in [2.45, 2.75) is 16.9 Å². The monoisotopic (exact) mass is 524 g/mol. The number of furan rings is 1. The van der Waals surface area contributed by atoms with Gasteiger partial charge in [-0.15, -0.1) is 0 Å². The Morgan fingerprint density at radius 3 is 2.81 bits per heavy atom. The number of carbonyl (C=O) groups is 1. The van der Waals surface area contributed by atoms with Gasteiger partial charge in [0.15, 0.2) is 10.9 Å². The van der Waals surface area contributed by atoms with Crippen LogP contribution in [0.5, 0.6) is 5.75 Å². The SMILES string of the molecule is Cc1cccc(OCC2=NN3C(=N)/C(=C/c4ccc(Sc5cccc6ccccc56)o4)C(=O)N=C3S2)c1. The van der Waals surface area contributed by atoms with E-state index in [0.29, 0.717) is 21.1 Å². The summed E-state index contributed by atoms with van der Waals surface area (Å²) in [4.78, 5) is 18.0. The Balaban J connectivity index is 1.18. The number of carbonyl (C=O) groups excluding carboxylic acids is 1. The molecule has 4 aromatic rings. The van der Waals surface area contributed by atoms with Crippen LogP contribution in [-0.4, -0.2) is 33.6 Å². The first-order valence-corrected chi connectivity index (χ1v) is 13.1. The van der Waals surface area contributed by atoms with Gasteiger partial charge in [-0.3, -0.25) is 10.2 Å². The van der Waals surface area contributed by atoms with Crippen LogP contribution in [0.15, 0.2) is 109 Å². The topological polar surface area (TPSA) is 91.2 Å². The molecule has 0 saturated heterocycles. The number of hydrazone groups is 1. The molecule has 37 heavy (non-hydrogen) atoms. The van der Waals surface area contributed by atoms with Crippen molar-refractivity contribution in [3.63, 3.8) is 0 Å². The van der Waals surface area contributed by atoms with Crippen molar-refractivity contribution in [1.29, 1.82) is 5.41 Å². The van der Waals surface area contributed by atoms with Gasteiger partial charge in [0, 0.05) is 4.90 Å². The van der Waals surface area contributed by atoms with Crippen LogP contribution in [0.25, 0.3) is 16.8 Å². The Hall–Kier alpha value is -4.08. The summed E-state index contributed by atoms with van der Waals surface area (Å²) in [6.07, 6.45) is 1.54. The lowest BCUT2D eigenvalue weighted by atomic mass is 10.1. The highest BCUT2D eigenvalue weighted by Crippen LogP contribution is 2.35. The van der Waals surface area contributed by atoms with Crippen LogP contribution in [0.4, 0.5) is 0 Å². The number of rotatable bonds is 6. The van der Waals surface area contributed by atoms with E-state index >= 15 is 0 Å². The summed E-state index contributed by atoms with van der Waals surface area (Å²) >= 11 is 2.74. The third kappa shape index (κ3) is 4.83. The van der Waals surface area contributed by atoms with Crippen molar-refractivity contribution in [3.8, 4) is 5.75 Å². The lowest BCUT2D eigenvalue weighted by Crippen LogP contribution is -2.35. The summed E-state index contributed by atoms with van der Waals surface area (Å²) in [6.45, 7) is 2.21. The van der Waals surface area contributed by atoms with Gasteiger partial charge in [-0.1, -0.05) is 60.3 Å². The van der Waals surface area contributed by atoms with Crippen LogP contribution < -0.4 is 4.74 Å². The van der Waals surface area contributed by atoms with Crippen LogP contribution >= 0.6 is 23.5 Å². The fourth-order valence-corrected chi connectivity index (χ4v) is 5.67. The van der Waals surface area contributed by atoms with Crippen LogP contribution in [0.2, 0.25) is 0 Å². The molecular formula is C28H20N4O3S2. The minimum absolute atomic E-state index is 0.0484. The molecule has 0 radical (unpaired) electrons. The number of amides is 1. The number of aliphatic imine (C=N–C) groups is 1. The Kier molecular flexibility index (Phi) is 6.15. The van der Waals surface area contributed by atoms with Crippen LogP contribution in [0.3, 0.4) is 0 Å². The predicted molar refractivity (Wildman–Crippen MR) is 148 cm³/mol. The molecule has 6 rings (SSSR count). The number of thioether (sulfide) groups is 1. The lowest BCUT2D eigenvalue weighted by molar-refractivity contribution is -0.114. The van der Waals surface area contributed by atoms with Crippen LogP contribution in [-0.2, 0) is 4.79 Å². The van der Waals surface area contributed by atoms with E-state index in [1.54, 1.807) is 12.1 Å². The fraction of sp³-hybridized carbons (Fsp3) is 0.0714. The van der Waals surface area contributed by atoms with Crippen molar-refractivity contribution in [2.75, 3.05) is 6.61 Å². The second kappa shape index (κ2) is 9.76. The van der Waals surface area contributed by atoms with Gasteiger partial charge >= 0.3 is 0 Å². The summed E-state index contributed by atoms with van der Waals surface area (Å²) in [5, 5.41) is 18.4. The first-order valence-electron chi connectivity index (χ1n) is 11.5. The summed E-state index contributed by atoms with van der Waals surface area (Å²) in [5.74, 6) is 0.650. The van der Waals surface area contributed by atoms with Crippen molar-refractivity contribution < 1.29 is 13.9 Å². The van der Waals surface area contributed by atoms with E-state index in [1.165, 1.54) is 28.5 Å². The number of benzene rings is 3. The zero-order chi connectivity index (χ0) is 25.4. The highest BCUT2D eigenvalue weighted by molar-refractivity contribution is 8.27. The predicted octanol–water partition coefficient (Wildman–Crippen LogP) is 6.59. The molecule has 3 aromatic carbocycles. The molecule has 0 bridgehead atoms. The highest BCUT2D eigenvalue weighted by Gasteiger charge is 2.36. The standard InChI is InChI=1S/C28H20N4O3S2/c1-17-6-4-9-19(14-17)34-16-24-31-32-26(29)22(27(33)30-28(32)37-24)15-20-12-13-25(35-20)36-23-11-5-8-18-7-2-3-10-21(18)23/h2-15,29H,16H2,1H3/b22-15-,29-26?. The third-order valence-corrected chi connectivity index (χ3v) is 7.58. The number of fused-ring (bicyclic) bond motifs is 2. The number of hydrogen-bond donors (Lipinski definition) is 1. The second-order valence-electron chi connectivity index (χ2n) is 8.36. The highest BCUT2D eigenvalue weighted by atomic mass is 32.2. The molecule has 3 heterocycles. The fourth-order valence-electron chi connectivity index (χ4n) is 3.94. The molecule has 1 N–H and O–H groups in total. The van der Waals surface area contributed by atoms with E-state index in [9.17, 15) is 4.79 Å². The Bertz CT molecular complexity index is 1650. The number of aryl methyl sites for hydroxylation is 1. The van der Waals surface area contributed by atoms with Crippen molar-refractivity contribution >= 4 is 62.3 Å². The average Bonchev–Trinajstić information content (AvgIpc) is 3.52. The van der Waals surface area contributed by atoms with E-state index in [-0.39, 0.29) is 18.0 Å². The maximum atomic E-state index is 12.8. The molecule has 2 aliphatic rings. The number of amidine groups is 2. The minimum Gasteiger partial charge on any atom is -0.487 e. The molecule has 0 atom stereocenters. The number of nitrogens with zero attached hydrogens (tertiary/aromatic N) is 3. The van der Waals surface area contributed by atoms with Gasteiger partial charge in [0.1, 0.15) is 23.2 Å². The Morgan fingerprint density at radius 1 is 1.08 bits per heavy atom. The molecular weight excluding hydrogens is 504 g/mol. The van der Waals surface area contributed by atoms with Gasteiger partial charge < -0.3 is 9.15 Å². The van der Waals surface area contributed by atoms with Gasteiger partial charge in [-0.25, -0.2) is 0 Å². The van der Waals surface area contributed by atoms with E-state index in [4.69, 9.17) is 14.6 Å². The molecule has 0 fully saturated rings. The molecule has 0 unspecified atom stereocenters. The summed E-state index contributed by atoms with van der Waals surface area (Å²) in [5.41, 5.74) is 1.21. The molecule has 182 valence electrons. The van der Waals surface area contributed by atoms with Crippen molar-refractivity contribution in [2.24, 2.45) is 10.1 Å². The molecule has 1 aromatic heterocycles. The number of ether oxygens (including phenoxy) is 1. The maximum Gasteiger partial charge on any atom is 0.283 e. The molecule has 0 saturated carbocycles. The summed E-state index contributed by atoms with van der Waals surface area (Å²) < 4.78 is 11.8. The van der Waals surface area contributed by atoms with Gasteiger partial charge in [-0.05, 0) is 71.4 Å². The van der Waals surface area contributed by atoms with Gasteiger partial charge in [-0.2, -0.15) is 15.1 Å². The van der Waals surface area contributed by atoms with E-state index in [2.05, 4.69) is 28.3 Å². The number of hydrogen-bond acceptors (Lipinski definition) is 7. The molecule has 0 spiro atoms. The maximum absolute atomic E-state index is 12.8.